The second kappa shape index (κ2) is 7.71. The molecule has 0 saturated heterocycles. The van der Waals surface area contributed by atoms with Crippen molar-refractivity contribution in [3.05, 3.63) is 52.9 Å². The van der Waals surface area contributed by atoms with E-state index in [1.54, 1.807) is 6.08 Å². The van der Waals surface area contributed by atoms with E-state index in [2.05, 4.69) is 36.8 Å². The smallest absolute Gasteiger partial charge is 0.263 e. The maximum absolute atomic E-state index is 12.4. The van der Waals surface area contributed by atoms with Crippen LogP contribution in [0.1, 0.15) is 40.6 Å². The third-order valence-corrected chi connectivity index (χ3v) is 5.59. The van der Waals surface area contributed by atoms with E-state index >= 15 is 0 Å². The Morgan fingerprint density at radius 3 is 2.61 bits per heavy atom. The number of benzene rings is 1. The van der Waals surface area contributed by atoms with Gasteiger partial charge in [-0.2, -0.15) is 5.26 Å². The standard InChI is InChI=1S/C21H21N5OS/c1-4-9-25-20(27)18-17(23)16-15(13-7-5-12(6-8-13)11(2)3)14(10-22)19(24)26-21(16)28-18/h4-8,11H,1,9,23H2,2-3H3,(H2,24,26)(H,25,27). The summed E-state index contributed by atoms with van der Waals surface area (Å²) in [6.07, 6.45) is 1.59. The molecule has 0 aliphatic heterocycles. The van der Waals surface area contributed by atoms with E-state index < -0.39 is 0 Å². The second-order valence-corrected chi connectivity index (χ2v) is 7.66. The minimum atomic E-state index is -0.307. The van der Waals surface area contributed by atoms with Crippen molar-refractivity contribution < 1.29 is 4.79 Å². The van der Waals surface area contributed by atoms with Crippen LogP contribution in [0.4, 0.5) is 11.5 Å². The molecule has 1 amide bonds. The fraction of sp³-hybridized carbons (Fsp3) is 0.190. The lowest BCUT2D eigenvalue weighted by Gasteiger charge is -2.11. The molecule has 1 aromatic carbocycles. The van der Waals surface area contributed by atoms with Gasteiger partial charge in [0.05, 0.1) is 5.69 Å². The van der Waals surface area contributed by atoms with Gasteiger partial charge in [-0.25, -0.2) is 4.98 Å². The van der Waals surface area contributed by atoms with Gasteiger partial charge in [0.2, 0.25) is 0 Å². The zero-order valence-electron chi connectivity index (χ0n) is 15.7. The number of nitrogen functional groups attached to an aromatic ring is 2. The van der Waals surface area contributed by atoms with Crippen molar-refractivity contribution in [2.75, 3.05) is 18.0 Å². The largest absolute Gasteiger partial charge is 0.397 e. The first kappa shape index (κ1) is 19.4. The Morgan fingerprint density at radius 1 is 1.36 bits per heavy atom. The molecule has 6 nitrogen and oxygen atoms in total. The highest BCUT2D eigenvalue weighted by molar-refractivity contribution is 7.21. The third kappa shape index (κ3) is 3.30. The third-order valence-electron chi connectivity index (χ3n) is 4.50. The van der Waals surface area contributed by atoms with E-state index in [0.29, 0.717) is 38.8 Å². The number of nitrogens with zero attached hydrogens (tertiary/aromatic N) is 2. The molecule has 0 fully saturated rings. The molecule has 0 saturated carbocycles. The number of carbonyl (C=O) groups is 1. The van der Waals surface area contributed by atoms with Gasteiger partial charge in [-0.3, -0.25) is 4.79 Å². The first-order valence-electron chi connectivity index (χ1n) is 8.80. The van der Waals surface area contributed by atoms with Crippen LogP contribution in [0.15, 0.2) is 36.9 Å². The number of amides is 1. The van der Waals surface area contributed by atoms with Gasteiger partial charge in [0, 0.05) is 17.5 Å². The number of nitrogens with one attached hydrogen (secondary N) is 1. The number of anilines is 2. The van der Waals surface area contributed by atoms with E-state index in [1.807, 2.05) is 24.3 Å². The summed E-state index contributed by atoms with van der Waals surface area (Å²) in [5.41, 5.74) is 15.5. The predicted octanol–water partition coefficient (Wildman–Crippen LogP) is 4.04. The molecule has 142 valence electrons. The van der Waals surface area contributed by atoms with Gasteiger partial charge >= 0.3 is 0 Å². The number of rotatable bonds is 5. The molecule has 3 rings (SSSR count). The topological polar surface area (TPSA) is 118 Å². The summed E-state index contributed by atoms with van der Waals surface area (Å²) < 4.78 is 0. The van der Waals surface area contributed by atoms with E-state index in [0.717, 1.165) is 16.9 Å². The summed E-state index contributed by atoms with van der Waals surface area (Å²) in [5, 5.41) is 13.0. The van der Waals surface area contributed by atoms with Crippen molar-refractivity contribution in [2.24, 2.45) is 0 Å². The molecule has 28 heavy (non-hydrogen) atoms. The van der Waals surface area contributed by atoms with Crippen molar-refractivity contribution in [1.82, 2.24) is 10.3 Å². The average Bonchev–Trinajstić information content (AvgIpc) is 3.01. The lowest BCUT2D eigenvalue weighted by molar-refractivity contribution is 0.0963. The van der Waals surface area contributed by atoms with Crippen LogP contribution in [0.3, 0.4) is 0 Å². The molecular formula is C21H21N5OS. The minimum Gasteiger partial charge on any atom is -0.397 e. The number of pyridine rings is 1. The van der Waals surface area contributed by atoms with Crippen LogP contribution in [-0.2, 0) is 0 Å². The molecule has 3 aromatic rings. The molecule has 7 heteroatoms. The summed E-state index contributed by atoms with van der Waals surface area (Å²) in [4.78, 5) is 17.6. The van der Waals surface area contributed by atoms with Crippen LogP contribution < -0.4 is 16.8 Å². The summed E-state index contributed by atoms with van der Waals surface area (Å²) in [6, 6.07) is 10.1. The van der Waals surface area contributed by atoms with Crippen molar-refractivity contribution in [3.63, 3.8) is 0 Å². The van der Waals surface area contributed by atoms with Crippen molar-refractivity contribution >= 4 is 39.0 Å². The molecule has 2 heterocycles. The number of carbonyl (C=O) groups excluding carboxylic acids is 1. The summed E-state index contributed by atoms with van der Waals surface area (Å²) >= 11 is 1.16. The fourth-order valence-electron chi connectivity index (χ4n) is 3.02. The molecule has 0 spiro atoms. The van der Waals surface area contributed by atoms with Crippen molar-refractivity contribution in [1.29, 1.82) is 5.26 Å². The number of hydrogen-bond acceptors (Lipinski definition) is 6. The van der Waals surface area contributed by atoms with Gasteiger partial charge in [0.25, 0.3) is 5.91 Å². The van der Waals surface area contributed by atoms with E-state index in [4.69, 9.17) is 11.5 Å². The Hall–Kier alpha value is -3.37. The molecular weight excluding hydrogens is 370 g/mol. The predicted molar refractivity (Wildman–Crippen MR) is 115 cm³/mol. The van der Waals surface area contributed by atoms with E-state index in [1.165, 1.54) is 5.56 Å². The highest BCUT2D eigenvalue weighted by Gasteiger charge is 2.24. The van der Waals surface area contributed by atoms with Crippen LogP contribution in [0, 0.1) is 11.3 Å². The number of fused-ring (bicyclic) bond motifs is 1. The quantitative estimate of drug-likeness (QED) is 0.567. The molecule has 5 N–H and O–H groups in total. The zero-order chi connectivity index (χ0) is 20.4. The number of hydrogen-bond donors (Lipinski definition) is 3. The molecule has 0 bridgehead atoms. The van der Waals surface area contributed by atoms with E-state index in [9.17, 15) is 10.1 Å². The number of nitriles is 1. The maximum Gasteiger partial charge on any atom is 0.263 e. The first-order valence-corrected chi connectivity index (χ1v) is 9.61. The molecule has 0 aliphatic rings. The van der Waals surface area contributed by atoms with Crippen molar-refractivity contribution in [3.8, 4) is 17.2 Å². The molecule has 0 aliphatic carbocycles. The van der Waals surface area contributed by atoms with Gasteiger partial charge in [-0.05, 0) is 17.0 Å². The Morgan fingerprint density at radius 2 is 2.04 bits per heavy atom. The Labute approximate surface area is 167 Å². The average molecular weight is 392 g/mol. The van der Waals surface area contributed by atoms with Gasteiger partial charge in [0.1, 0.15) is 27.2 Å². The van der Waals surface area contributed by atoms with Gasteiger partial charge < -0.3 is 16.8 Å². The Kier molecular flexibility index (Phi) is 5.34. The fourth-order valence-corrected chi connectivity index (χ4v) is 4.05. The monoisotopic (exact) mass is 391 g/mol. The first-order chi connectivity index (χ1) is 13.4. The summed E-state index contributed by atoms with van der Waals surface area (Å²) in [5.74, 6) is 0.203. The normalized spacial score (nSPS) is 10.8. The zero-order valence-corrected chi connectivity index (χ0v) is 16.6. The molecule has 2 aromatic heterocycles. The van der Waals surface area contributed by atoms with Crippen LogP contribution in [0.2, 0.25) is 0 Å². The van der Waals surface area contributed by atoms with Crippen LogP contribution >= 0.6 is 11.3 Å². The molecule has 0 radical (unpaired) electrons. The highest BCUT2D eigenvalue weighted by atomic mass is 32.1. The SMILES string of the molecule is C=CCNC(=O)c1sc2nc(N)c(C#N)c(-c3ccc(C(C)C)cc3)c2c1N. The number of thiophene rings is 1. The number of nitrogens with two attached hydrogens (primary N) is 2. The van der Waals surface area contributed by atoms with Crippen LogP contribution in [0.25, 0.3) is 21.3 Å². The molecule has 0 atom stereocenters. The second-order valence-electron chi connectivity index (χ2n) is 6.66. The number of aromatic nitrogens is 1. The Balaban J connectivity index is 2.27. The maximum atomic E-state index is 12.4. The summed E-state index contributed by atoms with van der Waals surface area (Å²) in [6.45, 7) is 8.15. The lowest BCUT2D eigenvalue weighted by atomic mass is 9.94. The Bertz CT molecular complexity index is 1110. The van der Waals surface area contributed by atoms with Gasteiger partial charge in [-0.1, -0.05) is 44.2 Å². The summed E-state index contributed by atoms with van der Waals surface area (Å²) in [7, 11) is 0. The highest BCUT2D eigenvalue weighted by Crippen LogP contribution is 2.42. The van der Waals surface area contributed by atoms with E-state index in [-0.39, 0.29) is 17.3 Å². The van der Waals surface area contributed by atoms with Crippen LogP contribution in [-0.4, -0.2) is 17.4 Å². The molecule has 0 unspecified atom stereocenters. The van der Waals surface area contributed by atoms with Gasteiger partial charge in [0.15, 0.2) is 0 Å². The van der Waals surface area contributed by atoms with Crippen molar-refractivity contribution in [2.45, 2.75) is 19.8 Å². The minimum absolute atomic E-state index is 0.122. The van der Waals surface area contributed by atoms with Gasteiger partial charge in [-0.15, -0.1) is 17.9 Å². The lowest BCUT2D eigenvalue weighted by Crippen LogP contribution is -2.22. The van der Waals surface area contributed by atoms with Crippen LogP contribution in [0.5, 0.6) is 0 Å².